The molecule has 6 nitrogen and oxygen atoms in total. The minimum Gasteiger partial charge on any atom is -0.325 e. The largest absolute Gasteiger partial charge is 0.325 e. The maximum atomic E-state index is 13.1. The van der Waals surface area contributed by atoms with Gasteiger partial charge in [-0.1, -0.05) is 32.0 Å². The normalized spacial score (nSPS) is 17.2. The molecule has 3 rings (SSSR count). The molecule has 1 saturated heterocycles. The lowest BCUT2D eigenvalue weighted by molar-refractivity contribution is -0.120. The number of nitrogens with one attached hydrogen (secondary N) is 1. The second-order valence-corrected chi connectivity index (χ2v) is 7.47. The summed E-state index contributed by atoms with van der Waals surface area (Å²) in [6.07, 6.45) is 0.617. The Balaban J connectivity index is 1.83. The van der Waals surface area contributed by atoms with Crippen molar-refractivity contribution in [1.29, 1.82) is 0 Å². The number of para-hydroxylation sites is 1. The van der Waals surface area contributed by atoms with E-state index in [2.05, 4.69) is 26.1 Å². The van der Waals surface area contributed by atoms with Crippen molar-refractivity contribution in [3.05, 3.63) is 46.2 Å². The van der Waals surface area contributed by atoms with Crippen molar-refractivity contribution in [2.24, 2.45) is 0 Å². The van der Waals surface area contributed by atoms with Gasteiger partial charge in [-0.2, -0.15) is 5.10 Å². The van der Waals surface area contributed by atoms with Crippen LogP contribution >= 0.6 is 15.9 Å². The number of likely N-dealkylation sites (N-methyl/N-ethyl adjacent to an activating group) is 1. The zero-order chi connectivity index (χ0) is 18.8. The van der Waals surface area contributed by atoms with Crippen LogP contribution in [0.4, 0.5) is 5.69 Å². The average Bonchev–Trinajstić information content (AvgIpc) is 3.20. The predicted octanol–water partition coefficient (Wildman–Crippen LogP) is 3.56. The second-order valence-electron chi connectivity index (χ2n) is 6.68. The number of halogens is 1. The van der Waals surface area contributed by atoms with Gasteiger partial charge >= 0.3 is 0 Å². The number of anilines is 1. The van der Waals surface area contributed by atoms with Gasteiger partial charge in [0.05, 0.1) is 10.2 Å². The van der Waals surface area contributed by atoms with Gasteiger partial charge in [0.1, 0.15) is 6.04 Å². The van der Waals surface area contributed by atoms with E-state index in [1.807, 2.05) is 51.1 Å². The minimum atomic E-state index is -0.459. The summed E-state index contributed by atoms with van der Waals surface area (Å²) in [7, 11) is 0. The van der Waals surface area contributed by atoms with Crippen LogP contribution in [0.3, 0.4) is 0 Å². The number of aromatic nitrogens is 2. The summed E-state index contributed by atoms with van der Waals surface area (Å²) in [5, 5.41) is 7.12. The van der Waals surface area contributed by atoms with Crippen molar-refractivity contribution in [3.63, 3.8) is 0 Å². The van der Waals surface area contributed by atoms with Crippen LogP contribution in [0.2, 0.25) is 0 Å². The summed E-state index contributed by atoms with van der Waals surface area (Å²) in [4.78, 5) is 29.4. The number of H-pyrrole nitrogens is 1. The molecule has 2 aromatic rings. The number of aromatic amines is 1. The molecule has 1 fully saturated rings. The maximum absolute atomic E-state index is 13.1. The monoisotopic (exact) mass is 418 g/mol. The molecule has 1 aromatic carbocycles. The topological polar surface area (TPSA) is 69.3 Å². The first kappa shape index (κ1) is 18.6. The molecule has 0 bridgehead atoms. The van der Waals surface area contributed by atoms with Crippen molar-refractivity contribution < 1.29 is 9.59 Å². The highest BCUT2D eigenvalue weighted by Gasteiger charge is 2.39. The summed E-state index contributed by atoms with van der Waals surface area (Å²) in [6.45, 7) is 7.01. The molecule has 7 heteroatoms. The lowest BCUT2D eigenvalue weighted by atomic mass is 10.1. The number of amides is 2. The molecule has 0 aliphatic carbocycles. The van der Waals surface area contributed by atoms with Crippen LogP contribution in [-0.2, 0) is 4.79 Å². The molecule has 1 atom stereocenters. The highest BCUT2D eigenvalue weighted by atomic mass is 79.9. The zero-order valence-corrected chi connectivity index (χ0v) is 16.8. The van der Waals surface area contributed by atoms with Crippen molar-refractivity contribution in [2.75, 3.05) is 18.0 Å². The molecule has 2 amide bonds. The summed E-state index contributed by atoms with van der Waals surface area (Å²) >= 11 is 3.49. The Morgan fingerprint density at radius 3 is 2.65 bits per heavy atom. The molecule has 138 valence electrons. The van der Waals surface area contributed by atoms with E-state index < -0.39 is 6.04 Å². The van der Waals surface area contributed by atoms with Crippen LogP contribution in [0.1, 0.15) is 49.3 Å². The lowest BCUT2D eigenvalue weighted by Crippen LogP contribution is -2.45. The Morgan fingerprint density at radius 2 is 2.08 bits per heavy atom. The number of benzene rings is 1. The van der Waals surface area contributed by atoms with Crippen LogP contribution in [0.25, 0.3) is 0 Å². The third-order valence-electron chi connectivity index (χ3n) is 4.74. The summed E-state index contributed by atoms with van der Waals surface area (Å²) in [5.74, 6) is -0.0480. The van der Waals surface area contributed by atoms with Crippen molar-refractivity contribution in [1.82, 2.24) is 15.1 Å². The predicted molar refractivity (Wildman–Crippen MR) is 104 cm³/mol. The molecule has 1 aromatic heterocycles. The van der Waals surface area contributed by atoms with E-state index in [0.29, 0.717) is 29.7 Å². The standard InChI is InChI=1S/C19H23BrN4O2/c1-4-23(19(26)17-15(20)16(12(2)3)21-22-17)14-10-11-24(18(14)25)13-8-6-5-7-9-13/h5-9,12,14H,4,10-11H2,1-3H3,(H,21,22). The van der Waals surface area contributed by atoms with Gasteiger partial charge in [-0.05, 0) is 47.3 Å². The van der Waals surface area contributed by atoms with Crippen LogP contribution in [0, 0.1) is 0 Å². The van der Waals surface area contributed by atoms with Crippen LogP contribution in [0.15, 0.2) is 34.8 Å². The third-order valence-corrected chi connectivity index (χ3v) is 5.54. The maximum Gasteiger partial charge on any atom is 0.276 e. The van der Waals surface area contributed by atoms with Gasteiger partial charge in [0, 0.05) is 18.8 Å². The Morgan fingerprint density at radius 1 is 1.38 bits per heavy atom. The molecule has 2 heterocycles. The Kier molecular flexibility index (Phi) is 5.46. The molecule has 1 N–H and O–H groups in total. The van der Waals surface area contributed by atoms with E-state index in [4.69, 9.17) is 0 Å². The van der Waals surface area contributed by atoms with E-state index in [0.717, 1.165) is 11.4 Å². The van der Waals surface area contributed by atoms with Gasteiger partial charge in [-0.25, -0.2) is 0 Å². The van der Waals surface area contributed by atoms with E-state index in [-0.39, 0.29) is 17.7 Å². The van der Waals surface area contributed by atoms with Crippen molar-refractivity contribution in [3.8, 4) is 0 Å². The van der Waals surface area contributed by atoms with Crippen LogP contribution in [0.5, 0.6) is 0 Å². The van der Waals surface area contributed by atoms with Crippen LogP contribution in [-0.4, -0.2) is 46.0 Å². The van der Waals surface area contributed by atoms with Gasteiger partial charge < -0.3 is 9.80 Å². The number of carbonyl (C=O) groups is 2. The van der Waals surface area contributed by atoms with E-state index in [9.17, 15) is 9.59 Å². The fourth-order valence-electron chi connectivity index (χ4n) is 3.33. The summed E-state index contributed by atoms with van der Waals surface area (Å²) < 4.78 is 0.682. The fourth-order valence-corrected chi connectivity index (χ4v) is 4.13. The van der Waals surface area contributed by atoms with Crippen LogP contribution < -0.4 is 4.90 Å². The molecule has 0 saturated carbocycles. The quantitative estimate of drug-likeness (QED) is 0.806. The van der Waals surface area contributed by atoms with Gasteiger partial charge in [0.2, 0.25) is 5.91 Å². The third kappa shape index (κ3) is 3.28. The number of hydrogen-bond donors (Lipinski definition) is 1. The molecule has 1 unspecified atom stereocenters. The van der Waals surface area contributed by atoms with Gasteiger partial charge in [0.15, 0.2) is 5.69 Å². The number of carbonyl (C=O) groups excluding carboxylic acids is 2. The fraction of sp³-hybridized carbons (Fsp3) is 0.421. The molecule has 0 spiro atoms. The highest BCUT2D eigenvalue weighted by molar-refractivity contribution is 9.10. The first-order chi connectivity index (χ1) is 12.5. The molecular weight excluding hydrogens is 396 g/mol. The van der Waals surface area contributed by atoms with E-state index >= 15 is 0 Å². The molecule has 1 aliphatic heterocycles. The Bertz CT molecular complexity index is 803. The molecule has 26 heavy (non-hydrogen) atoms. The van der Waals surface area contributed by atoms with Gasteiger partial charge in [0.25, 0.3) is 5.91 Å². The van der Waals surface area contributed by atoms with Crippen molar-refractivity contribution >= 4 is 33.4 Å². The number of hydrogen-bond acceptors (Lipinski definition) is 3. The summed E-state index contributed by atoms with van der Waals surface area (Å²) in [5.41, 5.74) is 2.08. The SMILES string of the molecule is CCN(C(=O)c1n[nH]c(C(C)C)c1Br)C1CCN(c2ccccc2)C1=O. The average molecular weight is 419 g/mol. The first-order valence-corrected chi connectivity index (χ1v) is 9.66. The smallest absolute Gasteiger partial charge is 0.276 e. The number of nitrogens with zero attached hydrogens (tertiary/aromatic N) is 3. The summed E-state index contributed by atoms with van der Waals surface area (Å²) in [6, 6.07) is 9.11. The molecule has 1 aliphatic rings. The van der Waals surface area contributed by atoms with E-state index in [1.54, 1.807) is 9.80 Å². The van der Waals surface area contributed by atoms with Crippen molar-refractivity contribution in [2.45, 2.75) is 39.2 Å². The Hall–Kier alpha value is -2.15. The van der Waals surface area contributed by atoms with Gasteiger partial charge in [-0.3, -0.25) is 14.7 Å². The highest BCUT2D eigenvalue weighted by Crippen LogP contribution is 2.29. The lowest BCUT2D eigenvalue weighted by Gasteiger charge is -2.26. The first-order valence-electron chi connectivity index (χ1n) is 8.86. The second kappa shape index (κ2) is 7.61. The van der Waals surface area contributed by atoms with E-state index in [1.165, 1.54) is 0 Å². The molecule has 0 radical (unpaired) electrons. The zero-order valence-electron chi connectivity index (χ0n) is 15.2. The minimum absolute atomic E-state index is 0.0397. The Labute approximate surface area is 161 Å². The molecular formula is C19H23BrN4O2. The number of rotatable bonds is 5. The van der Waals surface area contributed by atoms with Gasteiger partial charge in [-0.15, -0.1) is 0 Å².